The summed E-state index contributed by atoms with van der Waals surface area (Å²) in [4.78, 5) is 11.6. The molecule has 0 fully saturated rings. The van der Waals surface area contributed by atoms with E-state index in [2.05, 4.69) is 11.9 Å². The third-order valence-electron chi connectivity index (χ3n) is 1.87. The normalized spacial score (nSPS) is 9.62. The van der Waals surface area contributed by atoms with E-state index in [1.54, 1.807) is 18.2 Å². The summed E-state index contributed by atoms with van der Waals surface area (Å²) >= 11 is 5.54. The number of carbonyl (C=O) groups is 1. The number of ether oxygens (including phenoxy) is 1. The molecule has 0 aliphatic rings. The second-order valence-electron chi connectivity index (χ2n) is 3.19. The Morgan fingerprint density at radius 1 is 1.56 bits per heavy atom. The number of hydrogen-bond donors (Lipinski definition) is 2. The number of amides is 1. The lowest BCUT2D eigenvalue weighted by Crippen LogP contribution is -2.24. The zero-order valence-corrected chi connectivity index (χ0v) is 9.67. The third-order valence-corrected chi connectivity index (χ3v) is 2.00. The van der Waals surface area contributed by atoms with Gasteiger partial charge in [-0.1, -0.05) is 18.2 Å². The standard InChI is InChI=1S/C11H13ClN2O2/c1-7(12)6-14-11(15)8-3-9(13)5-10(4-8)16-2/h3-5H,1,6,13H2,2H3,(H,14,15). The van der Waals surface area contributed by atoms with Gasteiger partial charge in [0.25, 0.3) is 5.91 Å². The highest BCUT2D eigenvalue weighted by Crippen LogP contribution is 2.18. The largest absolute Gasteiger partial charge is 0.497 e. The molecule has 1 amide bonds. The summed E-state index contributed by atoms with van der Waals surface area (Å²) < 4.78 is 5.01. The average Bonchev–Trinajstić information content (AvgIpc) is 2.24. The quantitative estimate of drug-likeness (QED) is 0.789. The van der Waals surface area contributed by atoms with Gasteiger partial charge in [0, 0.05) is 22.3 Å². The van der Waals surface area contributed by atoms with Crippen molar-refractivity contribution in [2.45, 2.75) is 0 Å². The van der Waals surface area contributed by atoms with Gasteiger partial charge in [-0.3, -0.25) is 4.79 Å². The van der Waals surface area contributed by atoms with Gasteiger partial charge in [0.2, 0.25) is 0 Å². The molecule has 5 heteroatoms. The zero-order valence-electron chi connectivity index (χ0n) is 8.92. The molecule has 0 aliphatic carbocycles. The Morgan fingerprint density at radius 2 is 2.25 bits per heavy atom. The van der Waals surface area contributed by atoms with Gasteiger partial charge in [0.1, 0.15) is 5.75 Å². The summed E-state index contributed by atoms with van der Waals surface area (Å²) in [6.07, 6.45) is 0. The topological polar surface area (TPSA) is 64.4 Å². The number of nitrogens with one attached hydrogen (secondary N) is 1. The van der Waals surface area contributed by atoms with Crippen molar-refractivity contribution in [1.29, 1.82) is 0 Å². The molecule has 0 aromatic heterocycles. The molecule has 16 heavy (non-hydrogen) atoms. The second-order valence-corrected chi connectivity index (χ2v) is 3.73. The highest BCUT2D eigenvalue weighted by Gasteiger charge is 2.07. The van der Waals surface area contributed by atoms with Crippen molar-refractivity contribution >= 4 is 23.2 Å². The van der Waals surface area contributed by atoms with Crippen molar-refractivity contribution in [3.8, 4) is 5.75 Å². The first kappa shape index (κ1) is 12.4. The van der Waals surface area contributed by atoms with Gasteiger partial charge in [-0.25, -0.2) is 0 Å². The van der Waals surface area contributed by atoms with Crippen molar-refractivity contribution in [2.75, 3.05) is 19.4 Å². The van der Waals surface area contributed by atoms with Gasteiger partial charge >= 0.3 is 0 Å². The maximum Gasteiger partial charge on any atom is 0.251 e. The van der Waals surface area contributed by atoms with E-state index in [9.17, 15) is 4.79 Å². The maximum atomic E-state index is 11.6. The van der Waals surface area contributed by atoms with Gasteiger partial charge in [-0.15, -0.1) is 0 Å². The molecule has 0 spiro atoms. The van der Waals surface area contributed by atoms with Gasteiger partial charge in [0.05, 0.1) is 13.7 Å². The van der Waals surface area contributed by atoms with Crippen LogP contribution in [0.5, 0.6) is 5.75 Å². The zero-order chi connectivity index (χ0) is 12.1. The van der Waals surface area contributed by atoms with Crippen LogP contribution >= 0.6 is 11.6 Å². The van der Waals surface area contributed by atoms with Crippen molar-refractivity contribution in [2.24, 2.45) is 0 Å². The fourth-order valence-corrected chi connectivity index (χ4v) is 1.22. The molecular formula is C11H13ClN2O2. The molecule has 0 atom stereocenters. The molecule has 0 bridgehead atoms. The molecule has 0 radical (unpaired) electrons. The minimum atomic E-state index is -0.271. The van der Waals surface area contributed by atoms with E-state index in [4.69, 9.17) is 22.1 Å². The molecule has 3 N–H and O–H groups in total. The molecule has 86 valence electrons. The molecule has 0 heterocycles. The van der Waals surface area contributed by atoms with Gasteiger partial charge < -0.3 is 15.8 Å². The number of benzene rings is 1. The lowest BCUT2D eigenvalue weighted by Gasteiger charge is -2.07. The predicted octanol–water partition coefficient (Wildman–Crippen LogP) is 1.76. The molecule has 0 unspecified atom stereocenters. The Bertz CT molecular complexity index is 418. The van der Waals surface area contributed by atoms with Crippen LogP contribution in [0, 0.1) is 0 Å². The molecule has 1 aromatic rings. The SMILES string of the molecule is C=C(Cl)CNC(=O)c1cc(N)cc(OC)c1. The summed E-state index contributed by atoms with van der Waals surface area (Å²) in [5.74, 6) is 0.266. The van der Waals surface area contributed by atoms with Crippen LogP contribution in [0.3, 0.4) is 0 Å². The van der Waals surface area contributed by atoms with Crippen LogP contribution in [-0.4, -0.2) is 19.6 Å². The molecule has 1 aromatic carbocycles. The monoisotopic (exact) mass is 240 g/mol. The van der Waals surface area contributed by atoms with Crippen molar-refractivity contribution in [3.63, 3.8) is 0 Å². The molecule has 0 saturated carbocycles. The van der Waals surface area contributed by atoms with Gasteiger partial charge in [0.15, 0.2) is 0 Å². The van der Waals surface area contributed by atoms with Crippen LogP contribution in [0.15, 0.2) is 29.8 Å². The average molecular weight is 241 g/mol. The highest BCUT2D eigenvalue weighted by molar-refractivity contribution is 6.29. The van der Waals surface area contributed by atoms with Crippen LogP contribution < -0.4 is 15.8 Å². The lowest BCUT2D eigenvalue weighted by molar-refractivity contribution is 0.0957. The number of hydrogen-bond acceptors (Lipinski definition) is 3. The number of nitrogen functional groups attached to an aromatic ring is 1. The molecule has 0 aliphatic heterocycles. The highest BCUT2D eigenvalue weighted by atomic mass is 35.5. The van der Waals surface area contributed by atoms with Crippen LogP contribution in [0.1, 0.15) is 10.4 Å². The number of halogens is 1. The van der Waals surface area contributed by atoms with E-state index in [-0.39, 0.29) is 12.5 Å². The van der Waals surface area contributed by atoms with E-state index in [0.29, 0.717) is 22.0 Å². The Labute approximate surface area is 99.0 Å². The summed E-state index contributed by atoms with van der Waals surface area (Å²) in [5, 5.41) is 2.96. The van der Waals surface area contributed by atoms with Crippen molar-refractivity contribution in [3.05, 3.63) is 35.4 Å². The Kier molecular flexibility index (Phi) is 4.19. The summed E-state index contributed by atoms with van der Waals surface area (Å²) in [6, 6.07) is 4.80. The van der Waals surface area contributed by atoms with Crippen molar-refractivity contribution < 1.29 is 9.53 Å². The van der Waals surface area contributed by atoms with Gasteiger partial charge in [-0.05, 0) is 12.1 Å². The first-order valence-electron chi connectivity index (χ1n) is 4.59. The molecule has 4 nitrogen and oxygen atoms in total. The first-order chi connectivity index (χ1) is 7.52. The maximum absolute atomic E-state index is 11.6. The fraction of sp³-hybridized carbons (Fsp3) is 0.182. The number of nitrogens with two attached hydrogens (primary N) is 1. The Morgan fingerprint density at radius 3 is 2.81 bits per heavy atom. The number of anilines is 1. The summed E-state index contributed by atoms with van der Waals surface area (Å²) in [6.45, 7) is 3.69. The second kappa shape index (κ2) is 5.42. The number of methoxy groups -OCH3 is 1. The van der Waals surface area contributed by atoms with Crippen LogP contribution in [0.25, 0.3) is 0 Å². The smallest absolute Gasteiger partial charge is 0.251 e. The van der Waals surface area contributed by atoms with E-state index in [1.165, 1.54) is 7.11 Å². The Hall–Kier alpha value is -1.68. The molecule has 1 rings (SSSR count). The van der Waals surface area contributed by atoms with Crippen molar-refractivity contribution in [1.82, 2.24) is 5.32 Å². The first-order valence-corrected chi connectivity index (χ1v) is 4.96. The van der Waals surface area contributed by atoms with Crippen LogP contribution in [-0.2, 0) is 0 Å². The summed E-state index contributed by atoms with van der Waals surface area (Å²) in [7, 11) is 1.51. The van der Waals surface area contributed by atoms with Crippen LogP contribution in [0.4, 0.5) is 5.69 Å². The van der Waals surface area contributed by atoms with Gasteiger partial charge in [-0.2, -0.15) is 0 Å². The summed E-state index contributed by atoms with van der Waals surface area (Å²) in [5.41, 5.74) is 6.52. The van der Waals surface area contributed by atoms with E-state index in [0.717, 1.165) is 0 Å². The Balaban J connectivity index is 2.82. The fourth-order valence-electron chi connectivity index (χ4n) is 1.15. The van der Waals surface area contributed by atoms with E-state index in [1.807, 2.05) is 0 Å². The molecule has 0 saturated heterocycles. The number of carbonyl (C=O) groups excluding carboxylic acids is 1. The number of rotatable bonds is 4. The lowest BCUT2D eigenvalue weighted by atomic mass is 10.2. The van der Waals surface area contributed by atoms with E-state index < -0.39 is 0 Å². The third kappa shape index (κ3) is 3.47. The van der Waals surface area contributed by atoms with Crippen LogP contribution in [0.2, 0.25) is 0 Å². The minimum Gasteiger partial charge on any atom is -0.497 e. The minimum absolute atomic E-state index is 0.220. The molecular weight excluding hydrogens is 228 g/mol. The van der Waals surface area contributed by atoms with E-state index >= 15 is 0 Å². The predicted molar refractivity (Wildman–Crippen MR) is 64.7 cm³/mol.